The Morgan fingerprint density at radius 2 is 2.00 bits per heavy atom. The van der Waals surface area contributed by atoms with Crippen LogP contribution in [-0.4, -0.2) is 9.97 Å². The highest BCUT2D eigenvalue weighted by Crippen LogP contribution is 2.24. The SMILES string of the molecule is CC(Nc1nc(NN)ncc1Cl)c1ccc(F)cc1. The van der Waals surface area contributed by atoms with Crippen molar-refractivity contribution in [1.82, 2.24) is 9.97 Å². The van der Waals surface area contributed by atoms with Crippen LogP contribution in [0, 0.1) is 5.82 Å². The van der Waals surface area contributed by atoms with Crippen LogP contribution in [0.15, 0.2) is 30.5 Å². The van der Waals surface area contributed by atoms with Gasteiger partial charge >= 0.3 is 0 Å². The van der Waals surface area contributed by atoms with E-state index in [4.69, 9.17) is 17.4 Å². The van der Waals surface area contributed by atoms with Crippen molar-refractivity contribution in [2.75, 3.05) is 10.7 Å². The molecule has 100 valence electrons. The summed E-state index contributed by atoms with van der Waals surface area (Å²) in [4.78, 5) is 7.99. The molecule has 7 heteroatoms. The molecule has 2 rings (SSSR count). The lowest BCUT2D eigenvalue weighted by atomic mass is 10.1. The van der Waals surface area contributed by atoms with Gasteiger partial charge in [-0.1, -0.05) is 23.7 Å². The van der Waals surface area contributed by atoms with Crippen molar-refractivity contribution in [3.8, 4) is 0 Å². The second kappa shape index (κ2) is 5.81. The van der Waals surface area contributed by atoms with Crippen LogP contribution in [0.5, 0.6) is 0 Å². The summed E-state index contributed by atoms with van der Waals surface area (Å²) < 4.78 is 12.9. The number of nitrogens with zero attached hydrogens (tertiary/aromatic N) is 2. The molecule has 0 spiro atoms. The number of nitrogens with one attached hydrogen (secondary N) is 2. The Kier molecular flexibility index (Phi) is 4.13. The van der Waals surface area contributed by atoms with Crippen molar-refractivity contribution >= 4 is 23.4 Å². The Bertz CT molecular complexity index is 561. The first-order valence-corrected chi connectivity index (χ1v) is 5.99. The molecule has 1 aromatic carbocycles. The van der Waals surface area contributed by atoms with Crippen LogP contribution in [0.2, 0.25) is 5.02 Å². The molecule has 2 aromatic rings. The van der Waals surface area contributed by atoms with Gasteiger partial charge in [-0.3, -0.25) is 5.43 Å². The molecule has 0 aliphatic carbocycles. The normalized spacial score (nSPS) is 12.0. The molecule has 0 aliphatic rings. The average Bonchev–Trinajstić information content (AvgIpc) is 2.42. The number of anilines is 2. The number of rotatable bonds is 4. The fraction of sp³-hybridized carbons (Fsp3) is 0.167. The molecule has 0 bridgehead atoms. The molecule has 1 atom stereocenters. The first-order chi connectivity index (χ1) is 9.10. The van der Waals surface area contributed by atoms with Crippen molar-refractivity contribution in [2.45, 2.75) is 13.0 Å². The van der Waals surface area contributed by atoms with E-state index < -0.39 is 0 Å². The second-order valence-electron chi connectivity index (χ2n) is 3.95. The predicted octanol–water partition coefficient (Wildman–Crippen LogP) is 2.73. The van der Waals surface area contributed by atoms with E-state index in [9.17, 15) is 4.39 Å². The summed E-state index contributed by atoms with van der Waals surface area (Å²) in [6.45, 7) is 1.92. The summed E-state index contributed by atoms with van der Waals surface area (Å²) in [5, 5.41) is 3.50. The van der Waals surface area contributed by atoms with Gasteiger partial charge in [0.1, 0.15) is 10.8 Å². The Morgan fingerprint density at radius 1 is 1.32 bits per heavy atom. The van der Waals surface area contributed by atoms with Gasteiger partial charge < -0.3 is 5.32 Å². The smallest absolute Gasteiger partial charge is 0.239 e. The number of nitrogens with two attached hydrogens (primary N) is 1. The number of hydrogen-bond acceptors (Lipinski definition) is 5. The average molecular weight is 282 g/mol. The summed E-state index contributed by atoms with van der Waals surface area (Å²) in [7, 11) is 0. The Balaban J connectivity index is 2.18. The predicted molar refractivity (Wildman–Crippen MR) is 73.3 cm³/mol. The monoisotopic (exact) mass is 281 g/mol. The number of nitrogen functional groups attached to an aromatic ring is 1. The minimum Gasteiger partial charge on any atom is -0.362 e. The van der Waals surface area contributed by atoms with Gasteiger partial charge in [-0.2, -0.15) is 4.98 Å². The van der Waals surface area contributed by atoms with Gasteiger partial charge in [0, 0.05) is 6.04 Å². The lowest BCUT2D eigenvalue weighted by Gasteiger charge is -2.16. The van der Waals surface area contributed by atoms with Crippen LogP contribution < -0.4 is 16.6 Å². The van der Waals surface area contributed by atoms with E-state index in [2.05, 4.69) is 20.7 Å². The van der Waals surface area contributed by atoms with E-state index in [-0.39, 0.29) is 17.8 Å². The maximum atomic E-state index is 12.9. The number of halogens is 2. The van der Waals surface area contributed by atoms with Crippen LogP contribution >= 0.6 is 11.6 Å². The minimum atomic E-state index is -0.273. The van der Waals surface area contributed by atoms with Crippen molar-refractivity contribution < 1.29 is 4.39 Å². The van der Waals surface area contributed by atoms with Gasteiger partial charge in [-0.25, -0.2) is 15.2 Å². The number of aromatic nitrogens is 2. The zero-order valence-electron chi connectivity index (χ0n) is 10.2. The fourth-order valence-corrected chi connectivity index (χ4v) is 1.72. The summed E-state index contributed by atoms with van der Waals surface area (Å²) >= 11 is 5.99. The molecule has 1 heterocycles. The van der Waals surface area contributed by atoms with Crippen molar-refractivity contribution in [3.63, 3.8) is 0 Å². The first kappa shape index (κ1) is 13.5. The zero-order chi connectivity index (χ0) is 13.8. The van der Waals surface area contributed by atoms with Gasteiger partial charge in [0.05, 0.1) is 6.20 Å². The Labute approximate surface area is 115 Å². The maximum Gasteiger partial charge on any atom is 0.239 e. The minimum absolute atomic E-state index is 0.0846. The first-order valence-electron chi connectivity index (χ1n) is 5.61. The van der Waals surface area contributed by atoms with Crippen LogP contribution in [-0.2, 0) is 0 Å². The van der Waals surface area contributed by atoms with E-state index in [1.54, 1.807) is 12.1 Å². The summed E-state index contributed by atoms with van der Waals surface area (Å²) in [5.74, 6) is 5.69. The highest BCUT2D eigenvalue weighted by molar-refractivity contribution is 6.32. The molecule has 0 radical (unpaired) electrons. The maximum absolute atomic E-state index is 12.9. The lowest BCUT2D eigenvalue weighted by molar-refractivity contribution is 0.626. The fourth-order valence-electron chi connectivity index (χ4n) is 1.58. The third kappa shape index (κ3) is 3.30. The van der Waals surface area contributed by atoms with Crippen molar-refractivity contribution in [3.05, 3.63) is 46.9 Å². The summed E-state index contributed by atoms with van der Waals surface area (Å²) in [6, 6.07) is 6.12. The molecule has 19 heavy (non-hydrogen) atoms. The second-order valence-corrected chi connectivity index (χ2v) is 4.36. The third-order valence-electron chi connectivity index (χ3n) is 2.60. The number of hydrazine groups is 1. The number of benzene rings is 1. The van der Waals surface area contributed by atoms with Crippen LogP contribution in [0.4, 0.5) is 16.2 Å². The van der Waals surface area contributed by atoms with Gasteiger partial charge in [-0.15, -0.1) is 0 Å². The lowest BCUT2D eigenvalue weighted by Crippen LogP contribution is -2.13. The largest absolute Gasteiger partial charge is 0.362 e. The van der Waals surface area contributed by atoms with Gasteiger partial charge in [-0.05, 0) is 24.6 Å². The molecule has 0 saturated heterocycles. The van der Waals surface area contributed by atoms with Gasteiger partial charge in [0.2, 0.25) is 5.95 Å². The molecule has 5 nitrogen and oxygen atoms in total. The molecule has 0 saturated carbocycles. The van der Waals surface area contributed by atoms with Gasteiger partial charge in [0.15, 0.2) is 5.82 Å². The third-order valence-corrected chi connectivity index (χ3v) is 2.87. The highest BCUT2D eigenvalue weighted by Gasteiger charge is 2.10. The van der Waals surface area contributed by atoms with Crippen LogP contribution in [0.25, 0.3) is 0 Å². The van der Waals surface area contributed by atoms with E-state index in [0.717, 1.165) is 5.56 Å². The number of hydrogen-bond donors (Lipinski definition) is 3. The van der Waals surface area contributed by atoms with E-state index in [1.165, 1.54) is 18.3 Å². The Hall–Kier alpha value is -1.92. The summed E-state index contributed by atoms with van der Waals surface area (Å²) in [6.07, 6.45) is 1.45. The highest BCUT2D eigenvalue weighted by atomic mass is 35.5. The molecular weight excluding hydrogens is 269 g/mol. The molecule has 0 fully saturated rings. The summed E-state index contributed by atoms with van der Waals surface area (Å²) in [5.41, 5.74) is 3.26. The van der Waals surface area contributed by atoms with E-state index in [1.807, 2.05) is 6.92 Å². The van der Waals surface area contributed by atoms with E-state index in [0.29, 0.717) is 10.8 Å². The Morgan fingerprint density at radius 3 is 2.63 bits per heavy atom. The van der Waals surface area contributed by atoms with Crippen LogP contribution in [0.1, 0.15) is 18.5 Å². The molecular formula is C12H13ClFN5. The zero-order valence-corrected chi connectivity index (χ0v) is 10.9. The molecule has 1 aromatic heterocycles. The molecule has 0 aliphatic heterocycles. The van der Waals surface area contributed by atoms with Crippen LogP contribution in [0.3, 0.4) is 0 Å². The topological polar surface area (TPSA) is 75.9 Å². The molecule has 1 unspecified atom stereocenters. The quantitative estimate of drug-likeness (QED) is 0.593. The van der Waals surface area contributed by atoms with Crippen molar-refractivity contribution in [1.29, 1.82) is 0 Å². The van der Waals surface area contributed by atoms with E-state index >= 15 is 0 Å². The van der Waals surface area contributed by atoms with Crippen molar-refractivity contribution in [2.24, 2.45) is 5.84 Å². The standard InChI is InChI=1S/C12H13ClFN5/c1-7(8-2-4-9(14)5-3-8)17-11-10(13)6-16-12(18-11)19-15/h2-7H,15H2,1H3,(H2,16,17,18,19). The molecule has 0 amide bonds. The molecule has 4 N–H and O–H groups in total. The van der Waals surface area contributed by atoms with Gasteiger partial charge in [0.25, 0.3) is 0 Å².